The number of nitriles is 1. The van der Waals surface area contributed by atoms with Crippen LogP contribution in [0.2, 0.25) is 0 Å². The molecule has 1 aromatic carbocycles. The average Bonchev–Trinajstić information content (AvgIpc) is 3.05. The average molecular weight is 365 g/mol. The van der Waals surface area contributed by atoms with Gasteiger partial charge in [0.25, 0.3) is 0 Å². The topological polar surface area (TPSA) is 112 Å². The molecular weight excluding hydrogens is 346 g/mol. The fraction of sp³-hybridized carbons (Fsp3) is 0.381. The molecule has 2 aromatic rings. The molecule has 0 saturated carbocycles. The van der Waals surface area contributed by atoms with Crippen LogP contribution in [0.3, 0.4) is 0 Å². The maximum Gasteiger partial charge on any atom is 0.339 e. The van der Waals surface area contributed by atoms with Crippen molar-refractivity contribution in [2.24, 2.45) is 11.3 Å². The number of allylic oxidation sites excluding steroid dienone is 2. The molecule has 138 valence electrons. The maximum absolute atomic E-state index is 12.7. The second-order valence-electron chi connectivity index (χ2n) is 8.18. The third-order valence-electron chi connectivity index (χ3n) is 6.41. The molecule has 0 radical (unpaired) electrons. The highest BCUT2D eigenvalue weighted by Gasteiger charge is 2.54. The zero-order valence-corrected chi connectivity index (χ0v) is 15.3. The molecule has 2 aliphatic rings. The molecule has 0 unspecified atom stereocenters. The number of aryl methyl sites for hydroxylation is 1. The number of Topliss-reactive ketones (excluding diaryl/α,β-unsaturated/α-hetero) is 1. The molecule has 1 aromatic heterocycles. The van der Waals surface area contributed by atoms with Crippen LogP contribution < -0.4 is 0 Å². The number of fused-ring (bicyclic) bond motifs is 5. The van der Waals surface area contributed by atoms with Crippen LogP contribution in [0.1, 0.15) is 48.7 Å². The number of hydrogen-bond acceptors (Lipinski definition) is 5. The van der Waals surface area contributed by atoms with Crippen LogP contribution in [0, 0.1) is 22.7 Å². The lowest BCUT2D eigenvalue weighted by Crippen LogP contribution is -2.51. The molecular formula is C21H19NO5. The van der Waals surface area contributed by atoms with E-state index < -0.39 is 16.8 Å². The fourth-order valence-corrected chi connectivity index (χ4v) is 5.19. The highest BCUT2D eigenvalue weighted by atomic mass is 16.4. The molecule has 2 aliphatic carbocycles. The van der Waals surface area contributed by atoms with Gasteiger partial charge in [0, 0.05) is 16.2 Å². The van der Waals surface area contributed by atoms with Crippen LogP contribution in [-0.4, -0.2) is 22.0 Å². The predicted molar refractivity (Wildman–Crippen MR) is 96.5 cm³/mol. The van der Waals surface area contributed by atoms with Gasteiger partial charge in [-0.25, -0.2) is 4.79 Å². The quantitative estimate of drug-likeness (QED) is 0.797. The van der Waals surface area contributed by atoms with Crippen LogP contribution in [0.5, 0.6) is 5.75 Å². The summed E-state index contributed by atoms with van der Waals surface area (Å²) in [4.78, 5) is 24.4. The molecule has 2 N–H and O–H groups in total. The van der Waals surface area contributed by atoms with Crippen molar-refractivity contribution in [2.75, 3.05) is 0 Å². The Morgan fingerprint density at radius 2 is 2.07 bits per heavy atom. The number of aromatic hydroxyl groups is 1. The molecule has 1 heterocycles. The van der Waals surface area contributed by atoms with Crippen LogP contribution in [0.4, 0.5) is 0 Å². The van der Waals surface area contributed by atoms with Crippen molar-refractivity contribution in [3.05, 3.63) is 40.7 Å². The molecule has 0 spiro atoms. The third-order valence-corrected chi connectivity index (χ3v) is 6.41. The van der Waals surface area contributed by atoms with Gasteiger partial charge in [0.2, 0.25) is 0 Å². The summed E-state index contributed by atoms with van der Waals surface area (Å²) in [6.07, 6.45) is 4.07. The number of furan rings is 1. The highest BCUT2D eigenvalue weighted by Crippen LogP contribution is 2.56. The van der Waals surface area contributed by atoms with Crippen molar-refractivity contribution in [1.29, 1.82) is 5.26 Å². The first kappa shape index (κ1) is 17.3. The van der Waals surface area contributed by atoms with E-state index in [9.17, 15) is 25.1 Å². The number of ketones is 1. The first-order valence-electron chi connectivity index (χ1n) is 8.80. The number of nitrogens with zero attached hydrogens (tertiary/aromatic N) is 1. The second kappa shape index (κ2) is 5.23. The summed E-state index contributed by atoms with van der Waals surface area (Å²) in [5, 5.41) is 29.9. The Labute approximate surface area is 155 Å². The van der Waals surface area contributed by atoms with E-state index >= 15 is 0 Å². The van der Waals surface area contributed by atoms with Gasteiger partial charge in [-0.05, 0) is 36.0 Å². The fourth-order valence-electron chi connectivity index (χ4n) is 5.19. The monoisotopic (exact) mass is 365 g/mol. The molecule has 6 heteroatoms. The van der Waals surface area contributed by atoms with Gasteiger partial charge in [0.05, 0.1) is 5.57 Å². The molecule has 6 nitrogen and oxygen atoms in total. The zero-order chi connectivity index (χ0) is 19.7. The van der Waals surface area contributed by atoms with Gasteiger partial charge < -0.3 is 14.6 Å². The molecule has 0 saturated heterocycles. The summed E-state index contributed by atoms with van der Waals surface area (Å²) in [5.74, 6) is -1.50. The molecule has 0 aliphatic heterocycles. The Morgan fingerprint density at radius 3 is 2.70 bits per heavy atom. The van der Waals surface area contributed by atoms with E-state index in [0.717, 1.165) is 17.4 Å². The van der Waals surface area contributed by atoms with Gasteiger partial charge in [-0.15, -0.1) is 0 Å². The van der Waals surface area contributed by atoms with Gasteiger partial charge in [0.15, 0.2) is 17.1 Å². The van der Waals surface area contributed by atoms with Crippen LogP contribution in [0.25, 0.3) is 11.0 Å². The van der Waals surface area contributed by atoms with Crippen molar-refractivity contribution < 1.29 is 24.2 Å². The SMILES string of the molecule is CC1(C)C(=O)C(C#N)=C[C@]2(C)c3cc(O)c4occ(C(=O)O)c4c3CC[C@H]12. The summed E-state index contributed by atoms with van der Waals surface area (Å²) in [7, 11) is 0. The van der Waals surface area contributed by atoms with Gasteiger partial charge >= 0.3 is 5.97 Å². The Hall–Kier alpha value is -3.07. The largest absolute Gasteiger partial charge is 0.504 e. The maximum atomic E-state index is 12.7. The Kier molecular flexibility index (Phi) is 3.36. The second-order valence-corrected chi connectivity index (χ2v) is 8.18. The van der Waals surface area contributed by atoms with E-state index in [1.165, 1.54) is 0 Å². The van der Waals surface area contributed by atoms with Crippen molar-refractivity contribution in [2.45, 2.75) is 39.0 Å². The Balaban J connectivity index is 2.10. The van der Waals surface area contributed by atoms with Crippen molar-refractivity contribution in [3.8, 4) is 11.8 Å². The number of carbonyl (C=O) groups excluding carboxylic acids is 1. The standard InChI is InChI=1S/C21H19NO5/c1-20(2)15-5-4-11-13(21(15,3)7-10(8-22)18(20)24)6-14(23)17-16(11)12(9-27-17)19(25)26/h6-7,9,15,23H,4-5H2,1-3H3,(H,25,26)/t15-,21-/m1/s1. The summed E-state index contributed by atoms with van der Waals surface area (Å²) >= 11 is 0. The lowest BCUT2D eigenvalue weighted by atomic mass is 9.51. The predicted octanol–water partition coefficient (Wildman–Crippen LogP) is 3.72. The smallest absolute Gasteiger partial charge is 0.339 e. The normalized spacial score (nSPS) is 26.1. The number of aromatic carboxylic acids is 1. The van der Waals surface area contributed by atoms with Crippen LogP contribution in [0.15, 0.2) is 28.4 Å². The lowest BCUT2D eigenvalue weighted by molar-refractivity contribution is -0.128. The van der Waals surface area contributed by atoms with Gasteiger partial charge in [-0.3, -0.25) is 4.79 Å². The van der Waals surface area contributed by atoms with Gasteiger partial charge in [-0.2, -0.15) is 5.26 Å². The number of phenols is 1. The van der Waals surface area contributed by atoms with Crippen molar-refractivity contribution >= 4 is 22.7 Å². The zero-order valence-electron chi connectivity index (χ0n) is 15.3. The number of rotatable bonds is 1. The molecule has 4 rings (SSSR count). The minimum absolute atomic E-state index is 0.00910. The first-order chi connectivity index (χ1) is 12.6. The number of hydrogen-bond donors (Lipinski definition) is 2. The molecule has 2 atom stereocenters. The molecule has 0 bridgehead atoms. The Morgan fingerprint density at radius 1 is 1.37 bits per heavy atom. The van der Waals surface area contributed by atoms with E-state index in [2.05, 4.69) is 0 Å². The van der Waals surface area contributed by atoms with Gasteiger partial charge in [-0.1, -0.05) is 26.8 Å². The Bertz CT molecular complexity index is 1100. The van der Waals surface area contributed by atoms with Crippen LogP contribution >= 0.6 is 0 Å². The minimum atomic E-state index is -1.12. The number of carboxylic acid groups (broad SMARTS) is 1. The third kappa shape index (κ3) is 2.05. The van der Waals surface area contributed by atoms with E-state index in [4.69, 9.17) is 4.42 Å². The van der Waals surface area contributed by atoms with Gasteiger partial charge in [0.1, 0.15) is 17.9 Å². The molecule has 27 heavy (non-hydrogen) atoms. The summed E-state index contributed by atoms with van der Waals surface area (Å²) in [6, 6.07) is 3.60. The number of benzene rings is 1. The van der Waals surface area contributed by atoms with Crippen molar-refractivity contribution in [1.82, 2.24) is 0 Å². The molecule has 0 fully saturated rings. The van der Waals surface area contributed by atoms with E-state index in [0.29, 0.717) is 18.2 Å². The first-order valence-corrected chi connectivity index (χ1v) is 8.80. The lowest BCUT2D eigenvalue weighted by Gasteiger charge is -2.51. The summed E-state index contributed by atoms with van der Waals surface area (Å²) < 4.78 is 5.32. The summed E-state index contributed by atoms with van der Waals surface area (Å²) in [6.45, 7) is 5.66. The minimum Gasteiger partial charge on any atom is -0.504 e. The highest BCUT2D eigenvalue weighted by molar-refractivity contribution is 6.07. The molecule has 0 amide bonds. The van der Waals surface area contributed by atoms with E-state index in [1.54, 1.807) is 12.1 Å². The number of carboxylic acids is 1. The summed E-state index contributed by atoms with van der Waals surface area (Å²) in [5.41, 5.74) is 0.417. The number of carbonyl (C=O) groups is 2. The van der Waals surface area contributed by atoms with Crippen LogP contribution in [-0.2, 0) is 16.6 Å². The van der Waals surface area contributed by atoms with Crippen molar-refractivity contribution in [3.63, 3.8) is 0 Å². The number of phenolic OH excluding ortho intramolecular Hbond substituents is 1. The van der Waals surface area contributed by atoms with E-state index in [-0.39, 0.29) is 34.2 Å². The van der Waals surface area contributed by atoms with E-state index in [1.807, 2.05) is 26.8 Å².